The van der Waals surface area contributed by atoms with Crippen LogP contribution in [-0.2, 0) is 16.0 Å². The SMILES string of the molecule is CC1CCN(C(=O)CSc2nnc(CC3CC(=O)NC(=O)N3)n2-c2ccc(Cl)cc2)CC1. The standard InChI is InChI=1S/C21H25ClN6O3S/c1-13-6-8-27(9-7-13)19(30)12-32-21-26-25-17(10-15-11-18(29)24-20(31)23-15)28(21)16-4-2-14(22)3-5-16/h2-5,13,15H,6-12H2,1H3,(H2,23,24,29,31). The van der Waals surface area contributed by atoms with Gasteiger partial charge in [0.2, 0.25) is 11.8 Å². The first kappa shape index (κ1) is 22.6. The van der Waals surface area contributed by atoms with Crippen LogP contribution in [0.4, 0.5) is 4.79 Å². The summed E-state index contributed by atoms with van der Waals surface area (Å²) in [5.74, 6) is 1.28. The number of piperidine rings is 1. The van der Waals surface area contributed by atoms with Gasteiger partial charge in [0.15, 0.2) is 5.16 Å². The summed E-state index contributed by atoms with van der Waals surface area (Å²) in [5, 5.41) is 14.8. The summed E-state index contributed by atoms with van der Waals surface area (Å²) in [6.45, 7) is 3.79. The number of hydrogen-bond donors (Lipinski definition) is 2. The van der Waals surface area contributed by atoms with E-state index < -0.39 is 6.03 Å². The Labute approximate surface area is 195 Å². The van der Waals surface area contributed by atoms with Crippen molar-refractivity contribution >= 4 is 41.2 Å². The van der Waals surface area contributed by atoms with E-state index in [4.69, 9.17) is 11.6 Å². The van der Waals surface area contributed by atoms with Gasteiger partial charge >= 0.3 is 6.03 Å². The van der Waals surface area contributed by atoms with E-state index in [0.717, 1.165) is 31.6 Å². The highest BCUT2D eigenvalue weighted by molar-refractivity contribution is 7.99. The second-order valence-corrected chi connectivity index (χ2v) is 9.57. The topological polar surface area (TPSA) is 109 Å². The van der Waals surface area contributed by atoms with Crippen molar-refractivity contribution in [1.82, 2.24) is 30.3 Å². The zero-order valence-corrected chi connectivity index (χ0v) is 19.3. The Hall–Kier alpha value is -2.59. The lowest BCUT2D eigenvalue weighted by atomic mass is 9.99. The van der Waals surface area contributed by atoms with Crippen LogP contribution in [0.2, 0.25) is 5.02 Å². The molecule has 4 rings (SSSR count). The first-order valence-corrected chi connectivity index (χ1v) is 12.0. The number of nitrogens with one attached hydrogen (secondary N) is 2. The third-order valence-electron chi connectivity index (χ3n) is 5.70. The van der Waals surface area contributed by atoms with Crippen LogP contribution in [-0.4, -0.2) is 62.4 Å². The predicted molar refractivity (Wildman–Crippen MR) is 121 cm³/mol. The Morgan fingerprint density at radius 1 is 1.19 bits per heavy atom. The fourth-order valence-electron chi connectivity index (χ4n) is 3.87. The molecule has 0 aliphatic carbocycles. The molecule has 9 nitrogen and oxygen atoms in total. The van der Waals surface area contributed by atoms with E-state index in [-0.39, 0.29) is 30.0 Å². The zero-order chi connectivity index (χ0) is 22.7. The third-order valence-corrected chi connectivity index (χ3v) is 6.86. The van der Waals surface area contributed by atoms with Crippen molar-refractivity contribution in [1.29, 1.82) is 0 Å². The number of carbonyl (C=O) groups is 3. The number of imide groups is 1. The minimum absolute atomic E-state index is 0.0883. The molecule has 0 bridgehead atoms. The molecule has 1 atom stereocenters. The second kappa shape index (κ2) is 9.91. The van der Waals surface area contributed by atoms with Crippen molar-refractivity contribution in [3.05, 3.63) is 35.1 Å². The van der Waals surface area contributed by atoms with Crippen molar-refractivity contribution in [2.45, 2.75) is 43.8 Å². The van der Waals surface area contributed by atoms with Gasteiger partial charge in [-0.05, 0) is 43.0 Å². The van der Waals surface area contributed by atoms with Crippen molar-refractivity contribution in [2.24, 2.45) is 5.92 Å². The summed E-state index contributed by atoms with van der Waals surface area (Å²) in [4.78, 5) is 38.0. The van der Waals surface area contributed by atoms with E-state index >= 15 is 0 Å². The number of benzene rings is 1. The number of amides is 4. The highest BCUT2D eigenvalue weighted by Gasteiger charge is 2.27. The quantitative estimate of drug-likeness (QED) is 0.620. The molecular formula is C21H25ClN6O3S. The Kier molecular flexibility index (Phi) is 7.00. The first-order valence-electron chi connectivity index (χ1n) is 10.6. The fourth-order valence-corrected chi connectivity index (χ4v) is 4.87. The van der Waals surface area contributed by atoms with Gasteiger partial charge in [-0.15, -0.1) is 10.2 Å². The molecule has 32 heavy (non-hydrogen) atoms. The minimum atomic E-state index is -0.514. The second-order valence-electron chi connectivity index (χ2n) is 8.19. The summed E-state index contributed by atoms with van der Waals surface area (Å²) in [7, 11) is 0. The molecule has 170 valence electrons. The molecule has 11 heteroatoms. The van der Waals surface area contributed by atoms with Gasteiger partial charge in [-0.3, -0.25) is 19.5 Å². The molecule has 2 aliphatic heterocycles. The summed E-state index contributed by atoms with van der Waals surface area (Å²) < 4.78 is 1.85. The highest BCUT2D eigenvalue weighted by Crippen LogP contribution is 2.25. The van der Waals surface area contributed by atoms with Gasteiger partial charge in [0, 0.05) is 42.7 Å². The lowest BCUT2D eigenvalue weighted by Crippen LogP contribution is -2.53. The Morgan fingerprint density at radius 3 is 2.59 bits per heavy atom. The number of rotatable bonds is 6. The molecule has 0 saturated carbocycles. The number of carbonyl (C=O) groups excluding carboxylic acids is 3. The van der Waals surface area contributed by atoms with Crippen molar-refractivity contribution in [3.63, 3.8) is 0 Å². The average Bonchev–Trinajstić information content (AvgIpc) is 3.14. The maximum absolute atomic E-state index is 12.7. The molecule has 2 saturated heterocycles. The van der Waals surface area contributed by atoms with E-state index in [1.807, 2.05) is 21.6 Å². The monoisotopic (exact) mass is 476 g/mol. The van der Waals surface area contributed by atoms with Gasteiger partial charge in [-0.25, -0.2) is 4.79 Å². The van der Waals surface area contributed by atoms with Crippen LogP contribution < -0.4 is 10.6 Å². The van der Waals surface area contributed by atoms with Gasteiger partial charge in [-0.2, -0.15) is 0 Å². The molecule has 0 radical (unpaired) electrons. The maximum Gasteiger partial charge on any atom is 0.321 e. The number of aromatic nitrogens is 3. The van der Waals surface area contributed by atoms with Crippen molar-refractivity contribution in [2.75, 3.05) is 18.8 Å². The van der Waals surface area contributed by atoms with Crippen LogP contribution in [0.3, 0.4) is 0 Å². The van der Waals surface area contributed by atoms with Crippen LogP contribution in [0, 0.1) is 5.92 Å². The molecule has 2 fully saturated rings. The van der Waals surface area contributed by atoms with E-state index in [1.54, 1.807) is 12.1 Å². The molecule has 1 aromatic carbocycles. The number of nitrogens with zero attached hydrogens (tertiary/aromatic N) is 4. The predicted octanol–water partition coefficient (Wildman–Crippen LogP) is 2.41. The number of halogens is 1. The van der Waals surface area contributed by atoms with Crippen LogP contribution in [0.1, 0.15) is 32.0 Å². The number of urea groups is 1. The Morgan fingerprint density at radius 2 is 1.91 bits per heavy atom. The number of thioether (sulfide) groups is 1. The molecule has 3 heterocycles. The molecule has 0 spiro atoms. The van der Waals surface area contributed by atoms with Crippen molar-refractivity contribution in [3.8, 4) is 5.69 Å². The molecule has 1 aromatic heterocycles. The zero-order valence-electron chi connectivity index (χ0n) is 17.7. The minimum Gasteiger partial charge on any atom is -0.342 e. The van der Waals surface area contributed by atoms with Gasteiger partial charge < -0.3 is 10.2 Å². The highest BCUT2D eigenvalue weighted by atomic mass is 35.5. The molecule has 1 unspecified atom stereocenters. The molecule has 4 amide bonds. The van der Waals surface area contributed by atoms with E-state index in [1.165, 1.54) is 11.8 Å². The van der Waals surface area contributed by atoms with Gasteiger partial charge in [0.1, 0.15) is 5.82 Å². The van der Waals surface area contributed by atoms with E-state index in [9.17, 15) is 14.4 Å². The van der Waals surface area contributed by atoms with E-state index in [2.05, 4.69) is 27.8 Å². The Bertz CT molecular complexity index is 987. The summed E-state index contributed by atoms with van der Waals surface area (Å²) in [5.41, 5.74) is 0.794. The maximum atomic E-state index is 12.7. The van der Waals surface area contributed by atoms with E-state index in [0.29, 0.717) is 28.3 Å². The lowest BCUT2D eigenvalue weighted by molar-refractivity contribution is -0.129. The van der Waals surface area contributed by atoms with Crippen LogP contribution >= 0.6 is 23.4 Å². The number of hydrogen-bond acceptors (Lipinski definition) is 6. The first-order chi connectivity index (χ1) is 15.4. The van der Waals surface area contributed by atoms with Gasteiger partial charge in [-0.1, -0.05) is 30.3 Å². The molecular weight excluding hydrogens is 452 g/mol. The van der Waals surface area contributed by atoms with Crippen LogP contribution in [0.5, 0.6) is 0 Å². The molecule has 2 N–H and O–H groups in total. The average molecular weight is 477 g/mol. The molecule has 2 aromatic rings. The van der Waals surface area contributed by atoms with Crippen LogP contribution in [0.15, 0.2) is 29.4 Å². The Balaban J connectivity index is 1.52. The largest absolute Gasteiger partial charge is 0.342 e. The summed E-state index contributed by atoms with van der Waals surface area (Å²) >= 11 is 7.38. The normalized spacial score (nSPS) is 19.6. The smallest absolute Gasteiger partial charge is 0.321 e. The van der Waals surface area contributed by atoms with Gasteiger partial charge in [0.25, 0.3) is 0 Å². The summed E-state index contributed by atoms with van der Waals surface area (Å²) in [6, 6.07) is 6.33. The summed E-state index contributed by atoms with van der Waals surface area (Å²) in [6.07, 6.45) is 2.55. The van der Waals surface area contributed by atoms with Gasteiger partial charge in [0.05, 0.1) is 5.75 Å². The number of likely N-dealkylation sites (tertiary alicyclic amines) is 1. The lowest BCUT2D eigenvalue weighted by Gasteiger charge is -2.30. The van der Waals surface area contributed by atoms with Crippen molar-refractivity contribution < 1.29 is 14.4 Å². The third kappa shape index (κ3) is 5.42. The van der Waals surface area contributed by atoms with Crippen LogP contribution in [0.25, 0.3) is 5.69 Å². The fraction of sp³-hybridized carbons (Fsp3) is 0.476. The molecule has 2 aliphatic rings.